The minimum atomic E-state index is -0.412. The van der Waals surface area contributed by atoms with E-state index in [1.54, 1.807) is 43.4 Å². The smallest absolute Gasteiger partial charge is 0.333 e. The Kier molecular flexibility index (Phi) is 6.28. The molecule has 3 N–H and O–H groups in total. The maximum atomic E-state index is 11.4. The largest absolute Gasteiger partial charge is 0.506 e. The average Bonchev–Trinajstić information content (AvgIpc) is 2.59. The van der Waals surface area contributed by atoms with Crippen LogP contribution < -0.4 is 5.32 Å². The van der Waals surface area contributed by atoms with Crippen LogP contribution in [0.25, 0.3) is 0 Å². The van der Waals surface area contributed by atoms with Crippen molar-refractivity contribution in [1.29, 1.82) is 5.41 Å². The van der Waals surface area contributed by atoms with Gasteiger partial charge >= 0.3 is 5.97 Å². The number of ether oxygens (including phenoxy) is 1. The van der Waals surface area contributed by atoms with Crippen molar-refractivity contribution < 1.29 is 14.6 Å². The molecule has 0 saturated heterocycles. The predicted octanol–water partition coefficient (Wildman–Crippen LogP) is 3.01. The highest BCUT2D eigenvalue weighted by atomic mass is 16.5. The molecule has 25 heavy (non-hydrogen) atoms. The van der Waals surface area contributed by atoms with Gasteiger partial charge in [0.05, 0.1) is 23.7 Å². The normalized spacial score (nSPS) is 14.6. The molecule has 6 nitrogen and oxygen atoms in total. The van der Waals surface area contributed by atoms with Gasteiger partial charge in [0, 0.05) is 12.0 Å². The molecule has 1 aliphatic rings. The van der Waals surface area contributed by atoms with Gasteiger partial charge in [0.2, 0.25) is 0 Å². The average molecular weight is 339 g/mol. The number of rotatable bonds is 7. The number of hydrogen-bond donors (Lipinski definition) is 3. The molecular formula is C19H21N3O3. The quantitative estimate of drug-likeness (QED) is 0.308. The summed E-state index contributed by atoms with van der Waals surface area (Å²) in [5, 5.41) is 20.7. The van der Waals surface area contributed by atoms with Crippen molar-refractivity contribution in [3.8, 4) is 5.75 Å². The van der Waals surface area contributed by atoms with Crippen molar-refractivity contribution in [1.82, 2.24) is 0 Å². The van der Waals surface area contributed by atoms with E-state index in [1.807, 2.05) is 6.08 Å². The van der Waals surface area contributed by atoms with E-state index >= 15 is 0 Å². The van der Waals surface area contributed by atoms with Crippen molar-refractivity contribution in [2.75, 3.05) is 18.6 Å². The van der Waals surface area contributed by atoms with Crippen LogP contribution in [0.2, 0.25) is 0 Å². The Balaban J connectivity index is 1.92. The molecule has 0 amide bonds. The number of anilines is 1. The molecule has 0 aromatic heterocycles. The summed E-state index contributed by atoms with van der Waals surface area (Å²) in [6.07, 6.45) is 7.56. The van der Waals surface area contributed by atoms with Crippen LogP contribution in [-0.2, 0) is 16.0 Å². The molecule has 0 aliphatic heterocycles. The van der Waals surface area contributed by atoms with Crippen LogP contribution in [0.4, 0.5) is 5.69 Å². The highest BCUT2D eigenvalue weighted by molar-refractivity contribution is 6.50. The van der Waals surface area contributed by atoms with Gasteiger partial charge in [-0.2, -0.15) is 0 Å². The van der Waals surface area contributed by atoms with Gasteiger partial charge in [0.15, 0.2) is 0 Å². The number of aliphatic imine (C=N–C) groups is 1. The summed E-state index contributed by atoms with van der Waals surface area (Å²) in [4.78, 5) is 15.6. The highest BCUT2D eigenvalue weighted by Gasteiger charge is 2.06. The fourth-order valence-corrected chi connectivity index (χ4v) is 2.09. The first-order chi connectivity index (χ1) is 12.0. The van der Waals surface area contributed by atoms with Crippen molar-refractivity contribution in [2.24, 2.45) is 4.99 Å². The van der Waals surface area contributed by atoms with Gasteiger partial charge in [0.25, 0.3) is 0 Å². The maximum Gasteiger partial charge on any atom is 0.333 e. The number of esters is 1. The van der Waals surface area contributed by atoms with Crippen molar-refractivity contribution >= 4 is 23.1 Å². The van der Waals surface area contributed by atoms with Gasteiger partial charge in [-0.1, -0.05) is 24.8 Å². The number of carbonyl (C=O) groups is 1. The van der Waals surface area contributed by atoms with Gasteiger partial charge in [-0.15, -0.1) is 0 Å². The summed E-state index contributed by atoms with van der Waals surface area (Å²) >= 11 is 0. The lowest BCUT2D eigenvalue weighted by atomic mass is 10.1. The summed E-state index contributed by atoms with van der Waals surface area (Å²) in [5.74, 6) is -0.304. The number of phenolic OH excluding ortho intramolecular Hbond substituents is 1. The first-order valence-corrected chi connectivity index (χ1v) is 7.84. The van der Waals surface area contributed by atoms with Gasteiger partial charge < -0.3 is 15.2 Å². The SMILES string of the molecule is C=C(C)C(=O)OCCc1ccc(O)c(NCN=C2C=CC=CC2=N)c1. The van der Waals surface area contributed by atoms with Gasteiger partial charge in [-0.25, -0.2) is 4.79 Å². The Morgan fingerprint density at radius 3 is 2.84 bits per heavy atom. The Hall–Kier alpha value is -3.15. The van der Waals surface area contributed by atoms with E-state index in [0.717, 1.165) is 5.56 Å². The number of benzene rings is 1. The van der Waals surface area contributed by atoms with Gasteiger partial charge in [-0.3, -0.25) is 10.4 Å². The molecule has 1 aliphatic carbocycles. The lowest BCUT2D eigenvalue weighted by molar-refractivity contribution is -0.138. The number of phenols is 1. The predicted molar refractivity (Wildman–Crippen MR) is 99.5 cm³/mol. The summed E-state index contributed by atoms with van der Waals surface area (Å²) in [5.41, 5.74) is 2.74. The number of nitrogens with one attached hydrogen (secondary N) is 2. The molecular weight excluding hydrogens is 318 g/mol. The molecule has 0 bridgehead atoms. The third-order valence-corrected chi connectivity index (χ3v) is 3.46. The zero-order chi connectivity index (χ0) is 18.2. The van der Waals surface area contributed by atoms with Crippen LogP contribution >= 0.6 is 0 Å². The molecule has 0 fully saturated rings. The van der Waals surface area contributed by atoms with Crippen LogP contribution in [0, 0.1) is 5.41 Å². The van der Waals surface area contributed by atoms with E-state index < -0.39 is 5.97 Å². The molecule has 1 aromatic rings. The lowest BCUT2D eigenvalue weighted by Crippen LogP contribution is -2.12. The molecule has 0 heterocycles. The molecule has 0 atom stereocenters. The molecule has 2 rings (SSSR count). The number of carbonyl (C=O) groups excluding carboxylic acids is 1. The zero-order valence-corrected chi connectivity index (χ0v) is 14.1. The lowest BCUT2D eigenvalue weighted by Gasteiger charge is -2.10. The Labute approximate surface area is 146 Å². The van der Waals surface area contributed by atoms with E-state index in [4.69, 9.17) is 10.1 Å². The molecule has 6 heteroatoms. The van der Waals surface area contributed by atoms with Crippen molar-refractivity contribution in [3.05, 3.63) is 60.2 Å². The standard InChI is InChI=1S/C19H21N3O3/c1-13(2)19(24)25-10-9-14-7-8-18(23)17(11-14)22-12-21-16-6-4-3-5-15(16)20/h3-8,11,20,22-23H,1,9-10,12H2,2H3. The van der Waals surface area contributed by atoms with Crippen molar-refractivity contribution in [2.45, 2.75) is 13.3 Å². The monoisotopic (exact) mass is 339 g/mol. The number of nitrogens with zero attached hydrogens (tertiary/aromatic N) is 1. The fourth-order valence-electron chi connectivity index (χ4n) is 2.09. The number of hydrogen-bond acceptors (Lipinski definition) is 6. The fraction of sp³-hybridized carbons (Fsp3) is 0.211. The van der Waals surface area contributed by atoms with E-state index in [-0.39, 0.29) is 19.0 Å². The third-order valence-electron chi connectivity index (χ3n) is 3.46. The van der Waals surface area contributed by atoms with Gasteiger partial charge in [-0.05, 0) is 36.8 Å². The Bertz CT molecular complexity index is 776. The molecule has 0 saturated carbocycles. The number of aromatic hydroxyl groups is 1. The summed E-state index contributed by atoms with van der Waals surface area (Å²) in [7, 11) is 0. The molecule has 0 radical (unpaired) electrons. The van der Waals surface area contributed by atoms with Crippen LogP contribution in [0.5, 0.6) is 5.75 Å². The second-order valence-corrected chi connectivity index (χ2v) is 5.53. The highest BCUT2D eigenvalue weighted by Crippen LogP contribution is 2.24. The van der Waals surface area contributed by atoms with Crippen LogP contribution in [0.15, 0.2) is 59.6 Å². The zero-order valence-electron chi connectivity index (χ0n) is 14.1. The van der Waals surface area contributed by atoms with Crippen LogP contribution in [0.1, 0.15) is 12.5 Å². The minimum Gasteiger partial charge on any atom is -0.506 e. The number of allylic oxidation sites excluding steroid dienone is 4. The Morgan fingerprint density at radius 1 is 1.36 bits per heavy atom. The van der Waals surface area contributed by atoms with E-state index in [9.17, 15) is 9.90 Å². The summed E-state index contributed by atoms with van der Waals surface area (Å²) in [6, 6.07) is 5.13. The minimum absolute atomic E-state index is 0.108. The first kappa shape index (κ1) is 18.2. The second kappa shape index (κ2) is 8.63. The van der Waals surface area contributed by atoms with Gasteiger partial charge in [0.1, 0.15) is 12.4 Å². The Morgan fingerprint density at radius 2 is 2.12 bits per heavy atom. The van der Waals surface area contributed by atoms with E-state index in [2.05, 4.69) is 16.9 Å². The van der Waals surface area contributed by atoms with Crippen LogP contribution in [-0.4, -0.2) is 35.8 Å². The van der Waals surface area contributed by atoms with E-state index in [1.165, 1.54) is 0 Å². The van der Waals surface area contributed by atoms with Crippen molar-refractivity contribution in [3.63, 3.8) is 0 Å². The maximum absolute atomic E-state index is 11.4. The summed E-state index contributed by atoms with van der Waals surface area (Å²) < 4.78 is 5.07. The van der Waals surface area contributed by atoms with Crippen LogP contribution in [0.3, 0.4) is 0 Å². The molecule has 0 unspecified atom stereocenters. The first-order valence-electron chi connectivity index (χ1n) is 7.84. The van der Waals surface area contributed by atoms with E-state index in [0.29, 0.717) is 29.1 Å². The third kappa shape index (κ3) is 5.46. The molecule has 130 valence electrons. The summed E-state index contributed by atoms with van der Waals surface area (Å²) in [6.45, 7) is 5.61. The molecule has 0 spiro atoms. The molecule has 1 aromatic carbocycles. The second-order valence-electron chi connectivity index (χ2n) is 5.53. The topological polar surface area (TPSA) is 94.8 Å².